The first-order valence-corrected chi connectivity index (χ1v) is 17.7. The molecule has 0 saturated heterocycles. The lowest BCUT2D eigenvalue weighted by atomic mass is 10.2. The Kier molecular flexibility index (Phi) is 19.7. The molecule has 154 valence electrons. The lowest BCUT2D eigenvalue weighted by Gasteiger charge is -2.32. The summed E-state index contributed by atoms with van der Waals surface area (Å²) in [7, 11) is -2.28. The smallest absolute Gasteiger partial charge is 0.190 e. The number of halogens is 2. The summed E-state index contributed by atoms with van der Waals surface area (Å²) in [5.74, 6) is 1.45. The predicted octanol–water partition coefficient (Wildman–Crippen LogP) is 5.73. The molecular formula is C21H47Cl2PSi. The van der Waals surface area contributed by atoms with Crippen molar-refractivity contribution in [3.8, 4) is 0 Å². The average Bonchev–Trinajstić information content (AvgIpc) is 2.51. The molecule has 0 fully saturated rings. The van der Waals surface area contributed by atoms with Crippen molar-refractivity contribution in [2.75, 3.05) is 24.3 Å². The van der Waals surface area contributed by atoms with Gasteiger partial charge in [0.05, 0.1) is 24.3 Å². The molecule has 0 nitrogen and oxygen atoms in total. The molecule has 0 aromatic heterocycles. The van der Waals surface area contributed by atoms with Gasteiger partial charge in [0.15, 0.2) is 7.38 Å². The fourth-order valence-electron chi connectivity index (χ4n) is 3.99. The predicted molar refractivity (Wildman–Crippen MR) is 122 cm³/mol. The summed E-state index contributed by atoms with van der Waals surface area (Å²) in [6, 6.07) is 0. The lowest BCUT2D eigenvalue weighted by molar-refractivity contribution is -0.00000564. The zero-order chi connectivity index (χ0) is 18.3. The van der Waals surface area contributed by atoms with E-state index in [0.717, 1.165) is 0 Å². The van der Waals surface area contributed by atoms with Crippen LogP contribution >= 0.6 is 18.3 Å². The molecule has 0 aliphatic carbocycles. The summed E-state index contributed by atoms with van der Waals surface area (Å²) in [5.41, 5.74) is 0. The molecule has 0 amide bonds. The number of hydrogen-bond donors (Lipinski definition) is 0. The van der Waals surface area contributed by atoms with Crippen LogP contribution in [0.4, 0.5) is 0 Å². The minimum atomic E-state index is -1.48. The maximum absolute atomic E-state index is 6.90. The van der Waals surface area contributed by atoms with Crippen LogP contribution in [0.2, 0.25) is 13.1 Å². The van der Waals surface area contributed by atoms with Gasteiger partial charge in [-0.25, -0.2) is 0 Å². The van der Waals surface area contributed by atoms with Crippen molar-refractivity contribution in [2.24, 2.45) is 0 Å². The fraction of sp³-hybridized carbons (Fsp3) is 1.00. The first-order chi connectivity index (χ1) is 11.4. The quantitative estimate of drug-likeness (QED) is 0.120. The highest BCUT2D eigenvalue weighted by Gasteiger charge is 2.41. The Balaban J connectivity index is 0. The standard InChI is InChI=1S/C21H47ClPSi.ClH/c1-6-9-12-15-18-23(21-24(4,5)22,19-16-13-10-7-2)20-17-14-11-8-3;/h6-21H2,1-5H3;1H/q+1;/p-1. The number of rotatable bonds is 17. The molecule has 0 rings (SSSR count). The maximum atomic E-state index is 6.90. The average molecular weight is 430 g/mol. The van der Waals surface area contributed by atoms with E-state index in [4.69, 9.17) is 11.1 Å². The molecule has 0 heterocycles. The van der Waals surface area contributed by atoms with Crippen LogP contribution in [0, 0.1) is 0 Å². The zero-order valence-corrected chi connectivity index (χ0v) is 21.4. The topological polar surface area (TPSA) is 0 Å². The number of unbranched alkanes of at least 4 members (excludes halogenated alkanes) is 9. The summed E-state index contributed by atoms with van der Waals surface area (Å²) in [6.07, 6.45) is 21.8. The van der Waals surface area contributed by atoms with Crippen LogP contribution in [0.1, 0.15) is 97.8 Å². The van der Waals surface area contributed by atoms with Crippen LogP contribution in [0.25, 0.3) is 0 Å². The molecule has 0 atom stereocenters. The maximum Gasteiger partial charge on any atom is 0.190 e. The Morgan fingerprint density at radius 2 is 0.920 bits per heavy atom. The molecule has 0 unspecified atom stereocenters. The zero-order valence-electron chi connectivity index (χ0n) is 18.0. The van der Waals surface area contributed by atoms with E-state index in [9.17, 15) is 0 Å². The summed E-state index contributed by atoms with van der Waals surface area (Å²) < 4.78 is 0. The Morgan fingerprint density at radius 1 is 0.600 bits per heavy atom. The van der Waals surface area contributed by atoms with Crippen molar-refractivity contribution in [1.82, 2.24) is 0 Å². The van der Waals surface area contributed by atoms with Crippen LogP contribution < -0.4 is 12.4 Å². The van der Waals surface area contributed by atoms with E-state index in [1.54, 1.807) is 18.5 Å². The minimum Gasteiger partial charge on any atom is -1.00 e. The van der Waals surface area contributed by atoms with Crippen LogP contribution in [-0.2, 0) is 0 Å². The van der Waals surface area contributed by atoms with Crippen LogP contribution in [0.3, 0.4) is 0 Å². The SMILES string of the molecule is CCCCCC[P+](CCCCCC)(CCCCCC)C[Si](C)(C)Cl.[Cl-]. The van der Waals surface area contributed by atoms with Gasteiger partial charge >= 0.3 is 0 Å². The monoisotopic (exact) mass is 428 g/mol. The molecule has 0 bridgehead atoms. The summed E-state index contributed by atoms with van der Waals surface area (Å²) >= 11 is 6.90. The second-order valence-corrected chi connectivity index (χ2v) is 20.4. The van der Waals surface area contributed by atoms with Gasteiger partial charge in [0.2, 0.25) is 0 Å². The largest absolute Gasteiger partial charge is 1.00 e. The van der Waals surface area contributed by atoms with Gasteiger partial charge in [-0.1, -0.05) is 72.4 Å². The van der Waals surface area contributed by atoms with E-state index in [-0.39, 0.29) is 12.4 Å². The summed E-state index contributed by atoms with van der Waals surface area (Å²) in [5, 5.41) is 0. The second kappa shape index (κ2) is 17.3. The first-order valence-electron chi connectivity index (χ1n) is 10.9. The van der Waals surface area contributed by atoms with Crippen LogP contribution in [0.15, 0.2) is 0 Å². The minimum absolute atomic E-state index is 0. The van der Waals surface area contributed by atoms with Gasteiger partial charge in [0.25, 0.3) is 0 Å². The van der Waals surface area contributed by atoms with Gasteiger partial charge < -0.3 is 12.4 Å². The van der Waals surface area contributed by atoms with Gasteiger partial charge in [-0.05, 0) is 38.5 Å². The Hall–Kier alpha value is 1.23. The molecule has 25 heavy (non-hydrogen) atoms. The van der Waals surface area contributed by atoms with E-state index in [1.807, 2.05) is 0 Å². The molecule has 0 saturated carbocycles. The van der Waals surface area contributed by atoms with E-state index in [0.29, 0.717) is 0 Å². The van der Waals surface area contributed by atoms with Crippen molar-refractivity contribution < 1.29 is 12.4 Å². The third kappa shape index (κ3) is 17.1. The van der Waals surface area contributed by atoms with E-state index in [2.05, 4.69) is 33.9 Å². The third-order valence-electron chi connectivity index (χ3n) is 5.17. The highest BCUT2D eigenvalue weighted by atomic mass is 35.6. The Labute approximate surface area is 173 Å². The molecule has 0 radical (unpaired) electrons. The first kappa shape index (κ1) is 28.4. The van der Waals surface area contributed by atoms with E-state index < -0.39 is 14.6 Å². The van der Waals surface area contributed by atoms with Crippen molar-refractivity contribution in [3.63, 3.8) is 0 Å². The Bertz CT molecular complexity index is 248. The van der Waals surface area contributed by atoms with Crippen LogP contribution in [0.5, 0.6) is 0 Å². The lowest BCUT2D eigenvalue weighted by Crippen LogP contribution is -3.00. The molecule has 0 aromatic carbocycles. The summed E-state index contributed by atoms with van der Waals surface area (Å²) in [6.45, 7) is 11.8. The molecule has 0 aromatic rings. The molecule has 0 aliphatic heterocycles. The van der Waals surface area contributed by atoms with Crippen molar-refractivity contribution >= 4 is 25.7 Å². The van der Waals surface area contributed by atoms with Gasteiger partial charge in [-0.15, -0.1) is 0 Å². The Morgan fingerprint density at radius 3 is 1.16 bits per heavy atom. The third-order valence-corrected chi connectivity index (χ3v) is 15.7. The summed E-state index contributed by atoms with van der Waals surface area (Å²) in [4.78, 5) is 0. The highest BCUT2D eigenvalue weighted by Crippen LogP contribution is 2.62. The van der Waals surface area contributed by atoms with Gasteiger partial charge in [0.1, 0.15) is 0 Å². The van der Waals surface area contributed by atoms with Crippen molar-refractivity contribution in [2.45, 2.75) is 111 Å². The van der Waals surface area contributed by atoms with Crippen molar-refractivity contribution in [1.29, 1.82) is 0 Å². The van der Waals surface area contributed by atoms with E-state index >= 15 is 0 Å². The second-order valence-electron chi connectivity index (χ2n) is 8.57. The molecule has 4 heteroatoms. The number of hydrogen-bond acceptors (Lipinski definition) is 0. The fourth-order valence-corrected chi connectivity index (χ4v) is 17.9. The van der Waals surface area contributed by atoms with Gasteiger partial charge in [0, 0.05) is 7.26 Å². The molecule has 0 spiro atoms. The van der Waals surface area contributed by atoms with Crippen LogP contribution in [-0.4, -0.2) is 31.7 Å². The van der Waals surface area contributed by atoms with E-state index in [1.165, 1.54) is 82.8 Å². The van der Waals surface area contributed by atoms with Crippen molar-refractivity contribution in [3.05, 3.63) is 0 Å². The molecular weight excluding hydrogens is 382 g/mol. The van der Waals surface area contributed by atoms with Gasteiger partial charge in [-0.3, -0.25) is 0 Å². The highest BCUT2D eigenvalue weighted by molar-refractivity contribution is 7.78. The normalized spacial score (nSPS) is 12.2. The molecule has 0 N–H and O–H groups in total. The van der Waals surface area contributed by atoms with Gasteiger partial charge in [-0.2, -0.15) is 11.1 Å². The molecule has 0 aliphatic rings.